The zero-order valence-corrected chi connectivity index (χ0v) is 15.8. The average Bonchev–Trinajstić information content (AvgIpc) is 3.20. The maximum absolute atomic E-state index is 13.7. The predicted octanol–water partition coefficient (Wildman–Crippen LogP) is 1.52. The van der Waals surface area contributed by atoms with E-state index in [1.165, 1.54) is 12.5 Å². The zero-order chi connectivity index (χ0) is 19.8. The summed E-state index contributed by atoms with van der Waals surface area (Å²) in [5, 5.41) is 2.74. The third-order valence-corrected chi connectivity index (χ3v) is 4.88. The van der Waals surface area contributed by atoms with E-state index in [0.29, 0.717) is 43.1 Å². The summed E-state index contributed by atoms with van der Waals surface area (Å²) in [6.45, 7) is 4.94. The average molecular weight is 384 g/mol. The molecule has 0 aliphatic carbocycles. The maximum Gasteiger partial charge on any atom is 0.312 e. The van der Waals surface area contributed by atoms with E-state index in [1.54, 1.807) is 4.57 Å². The molecule has 0 saturated carbocycles. The first kappa shape index (κ1) is 18.1. The van der Waals surface area contributed by atoms with Crippen molar-refractivity contribution in [2.24, 2.45) is 0 Å². The number of anilines is 1. The maximum atomic E-state index is 13.7. The molecule has 3 N–H and O–H groups in total. The summed E-state index contributed by atoms with van der Waals surface area (Å²) in [6, 6.07) is 4.17. The molecule has 4 rings (SSSR count). The monoisotopic (exact) mass is 384 g/mol. The van der Waals surface area contributed by atoms with Crippen LogP contribution in [-0.4, -0.2) is 38.6 Å². The van der Waals surface area contributed by atoms with E-state index in [2.05, 4.69) is 26.3 Å². The number of carbonyl (C=O) groups is 1. The number of halogens is 1. The van der Waals surface area contributed by atoms with Crippen molar-refractivity contribution in [2.45, 2.75) is 33.2 Å². The molecule has 2 aromatic heterocycles. The van der Waals surface area contributed by atoms with Crippen molar-refractivity contribution in [3.63, 3.8) is 0 Å². The van der Waals surface area contributed by atoms with Crippen LogP contribution in [0.1, 0.15) is 29.4 Å². The highest BCUT2D eigenvalue weighted by Gasteiger charge is 2.20. The van der Waals surface area contributed by atoms with Crippen LogP contribution in [0.2, 0.25) is 0 Å². The summed E-state index contributed by atoms with van der Waals surface area (Å²) < 4.78 is 21.2. The fourth-order valence-electron chi connectivity index (χ4n) is 3.50. The number of amides is 1. The van der Waals surface area contributed by atoms with Gasteiger partial charge in [-0.15, -0.1) is 0 Å². The minimum Gasteiger partial charge on any atom is -0.493 e. The normalized spacial score (nSPS) is 12.8. The van der Waals surface area contributed by atoms with E-state index >= 15 is 0 Å². The Hall–Kier alpha value is -3.23. The van der Waals surface area contributed by atoms with Crippen LogP contribution < -0.4 is 15.8 Å². The number of nitrogen functional groups attached to an aromatic ring is 1. The Morgan fingerprint density at radius 1 is 1.36 bits per heavy atom. The fourth-order valence-corrected chi connectivity index (χ4v) is 3.50. The van der Waals surface area contributed by atoms with Gasteiger partial charge in [0.2, 0.25) is 5.91 Å². The quantitative estimate of drug-likeness (QED) is 0.646. The standard InChI is InChI=1S/C19H21FN6O2/c1-10-7-12-3-6-28-14(12)8-13(10)9-15-23-16-17(21)24-19(20)25-18(16)26(15)5-4-22-11(2)27/h7-8H,3-6,9H2,1-2H3,(H,22,27)(H2,21,24,25). The van der Waals surface area contributed by atoms with Gasteiger partial charge in [0.15, 0.2) is 17.0 Å². The first-order chi connectivity index (χ1) is 13.4. The molecular weight excluding hydrogens is 363 g/mol. The number of benzene rings is 1. The Morgan fingerprint density at radius 3 is 2.96 bits per heavy atom. The van der Waals surface area contributed by atoms with Gasteiger partial charge in [0.25, 0.3) is 0 Å². The van der Waals surface area contributed by atoms with Gasteiger partial charge in [-0.2, -0.15) is 14.4 Å². The van der Waals surface area contributed by atoms with Crippen molar-refractivity contribution >= 4 is 22.9 Å². The minimum atomic E-state index is -0.903. The van der Waals surface area contributed by atoms with Gasteiger partial charge in [-0.05, 0) is 29.7 Å². The molecule has 3 heterocycles. The molecule has 9 heteroatoms. The Kier molecular flexibility index (Phi) is 4.58. The van der Waals surface area contributed by atoms with E-state index in [1.807, 2.05) is 13.0 Å². The summed E-state index contributed by atoms with van der Waals surface area (Å²) in [7, 11) is 0. The van der Waals surface area contributed by atoms with Crippen molar-refractivity contribution in [3.8, 4) is 5.75 Å². The third kappa shape index (κ3) is 3.35. The second-order valence-corrected chi connectivity index (χ2v) is 6.87. The molecule has 3 aromatic rings. The number of fused-ring (bicyclic) bond motifs is 2. The number of ether oxygens (including phenoxy) is 1. The molecule has 0 unspecified atom stereocenters. The Morgan fingerprint density at radius 2 is 2.18 bits per heavy atom. The lowest BCUT2D eigenvalue weighted by Gasteiger charge is -2.12. The first-order valence-electron chi connectivity index (χ1n) is 9.10. The highest BCUT2D eigenvalue weighted by Crippen LogP contribution is 2.30. The number of aromatic nitrogens is 4. The Bertz CT molecular complexity index is 1080. The summed E-state index contributed by atoms with van der Waals surface area (Å²) in [6.07, 6.45) is 0.510. The van der Waals surface area contributed by atoms with Crippen LogP contribution in [-0.2, 0) is 24.2 Å². The fraction of sp³-hybridized carbons (Fsp3) is 0.368. The van der Waals surface area contributed by atoms with E-state index in [0.717, 1.165) is 23.3 Å². The number of hydrogen-bond acceptors (Lipinski definition) is 6. The molecular formula is C19H21FN6O2. The van der Waals surface area contributed by atoms with Gasteiger partial charge in [-0.25, -0.2) is 4.98 Å². The number of imidazole rings is 1. The Balaban J connectivity index is 1.75. The summed E-state index contributed by atoms with van der Waals surface area (Å²) in [4.78, 5) is 23.2. The molecule has 146 valence electrons. The third-order valence-electron chi connectivity index (χ3n) is 4.88. The van der Waals surface area contributed by atoms with Gasteiger partial charge in [0, 0.05) is 32.9 Å². The Labute approximate surface area is 160 Å². The smallest absolute Gasteiger partial charge is 0.312 e. The second kappa shape index (κ2) is 7.06. The van der Waals surface area contributed by atoms with Crippen molar-refractivity contribution in [3.05, 3.63) is 40.7 Å². The molecule has 0 fully saturated rings. The lowest BCUT2D eigenvalue weighted by atomic mass is 10.0. The number of nitrogens with two attached hydrogens (primary N) is 1. The zero-order valence-electron chi connectivity index (χ0n) is 15.8. The van der Waals surface area contributed by atoms with Gasteiger partial charge in [-0.3, -0.25) is 4.79 Å². The minimum absolute atomic E-state index is 0.00367. The van der Waals surface area contributed by atoms with Crippen LogP contribution >= 0.6 is 0 Å². The van der Waals surface area contributed by atoms with Gasteiger partial charge in [-0.1, -0.05) is 6.07 Å². The van der Waals surface area contributed by atoms with E-state index in [-0.39, 0.29) is 11.7 Å². The number of nitrogens with one attached hydrogen (secondary N) is 1. The molecule has 1 aliphatic rings. The lowest BCUT2D eigenvalue weighted by Crippen LogP contribution is -2.25. The van der Waals surface area contributed by atoms with Crippen molar-refractivity contribution in [1.82, 2.24) is 24.8 Å². The topological polar surface area (TPSA) is 108 Å². The summed E-state index contributed by atoms with van der Waals surface area (Å²) >= 11 is 0. The second-order valence-electron chi connectivity index (χ2n) is 6.87. The molecule has 0 spiro atoms. The van der Waals surface area contributed by atoms with Gasteiger partial charge in [0.05, 0.1) is 6.61 Å². The molecule has 1 amide bonds. The van der Waals surface area contributed by atoms with Crippen molar-refractivity contribution < 1.29 is 13.9 Å². The highest BCUT2D eigenvalue weighted by atomic mass is 19.1. The van der Waals surface area contributed by atoms with Gasteiger partial charge in [0.1, 0.15) is 11.6 Å². The molecule has 0 radical (unpaired) electrons. The number of nitrogens with zero attached hydrogens (tertiary/aromatic N) is 4. The number of aryl methyl sites for hydroxylation is 1. The highest BCUT2D eigenvalue weighted by molar-refractivity contribution is 5.82. The molecule has 8 nitrogen and oxygen atoms in total. The largest absolute Gasteiger partial charge is 0.493 e. The molecule has 1 aromatic carbocycles. The van der Waals surface area contributed by atoms with Crippen molar-refractivity contribution in [1.29, 1.82) is 0 Å². The van der Waals surface area contributed by atoms with Crippen LogP contribution in [0.5, 0.6) is 5.75 Å². The first-order valence-corrected chi connectivity index (χ1v) is 9.10. The number of carbonyl (C=O) groups excluding carboxylic acids is 1. The molecule has 0 bridgehead atoms. The van der Waals surface area contributed by atoms with Crippen LogP contribution in [0.3, 0.4) is 0 Å². The molecule has 0 atom stereocenters. The van der Waals surface area contributed by atoms with Crippen LogP contribution in [0.25, 0.3) is 11.2 Å². The van der Waals surface area contributed by atoms with Crippen LogP contribution in [0.4, 0.5) is 10.2 Å². The van der Waals surface area contributed by atoms with Crippen LogP contribution in [0.15, 0.2) is 12.1 Å². The van der Waals surface area contributed by atoms with Crippen molar-refractivity contribution in [2.75, 3.05) is 18.9 Å². The van der Waals surface area contributed by atoms with Crippen LogP contribution in [0, 0.1) is 13.0 Å². The summed E-state index contributed by atoms with van der Waals surface area (Å²) in [5.74, 6) is 1.42. The number of hydrogen-bond donors (Lipinski definition) is 2. The van der Waals surface area contributed by atoms with E-state index in [4.69, 9.17) is 10.5 Å². The van der Waals surface area contributed by atoms with Gasteiger partial charge >= 0.3 is 6.08 Å². The lowest BCUT2D eigenvalue weighted by molar-refractivity contribution is -0.118. The van der Waals surface area contributed by atoms with E-state index in [9.17, 15) is 9.18 Å². The summed E-state index contributed by atoms with van der Waals surface area (Å²) in [5.41, 5.74) is 9.93. The van der Waals surface area contributed by atoms with Gasteiger partial charge < -0.3 is 20.4 Å². The SMILES string of the molecule is CC(=O)NCCn1c(Cc2cc3c(cc2C)CCO3)nc2c(N)nc(F)nc21. The molecule has 1 aliphatic heterocycles. The predicted molar refractivity (Wildman–Crippen MR) is 102 cm³/mol. The molecule has 28 heavy (non-hydrogen) atoms. The molecule has 0 saturated heterocycles. The number of rotatable bonds is 5. The van der Waals surface area contributed by atoms with E-state index < -0.39 is 6.08 Å².